The van der Waals surface area contributed by atoms with E-state index in [2.05, 4.69) is 5.32 Å². The van der Waals surface area contributed by atoms with Crippen molar-refractivity contribution in [1.29, 1.82) is 0 Å². The van der Waals surface area contributed by atoms with E-state index in [-0.39, 0.29) is 5.97 Å². The number of carbonyl (C=O) groups excluding carboxylic acids is 1. The van der Waals surface area contributed by atoms with Crippen molar-refractivity contribution in [2.24, 2.45) is 0 Å². The van der Waals surface area contributed by atoms with Gasteiger partial charge in [0.15, 0.2) is 0 Å². The molecule has 0 radical (unpaired) electrons. The zero-order chi connectivity index (χ0) is 17.5. The molecule has 126 valence electrons. The number of hydrogen-bond donors (Lipinski definition) is 1. The fourth-order valence-corrected chi connectivity index (χ4v) is 2.42. The molecular weight excluding hydrogens is 314 g/mol. The lowest BCUT2D eigenvalue weighted by atomic mass is 10.1. The summed E-state index contributed by atoms with van der Waals surface area (Å²) in [6.45, 7) is 0.597. The second kappa shape index (κ2) is 8.02. The molecular formula is C21H19NO3. The molecule has 4 heteroatoms. The van der Waals surface area contributed by atoms with Crippen LogP contribution in [0.4, 0.5) is 5.69 Å². The van der Waals surface area contributed by atoms with Crippen molar-refractivity contribution in [3.63, 3.8) is 0 Å². The molecule has 0 aliphatic rings. The Morgan fingerprint density at radius 1 is 0.880 bits per heavy atom. The molecule has 0 aliphatic heterocycles. The van der Waals surface area contributed by atoms with Gasteiger partial charge in [0, 0.05) is 18.3 Å². The standard InChI is InChI=1S/C21H19NO3/c1-24-21(23)17-8-5-7-16(13-17)15-22-18-9-6-12-20(14-18)25-19-10-3-2-4-11-19/h2-14,22H,15H2,1H3. The van der Waals surface area contributed by atoms with Gasteiger partial charge in [-0.25, -0.2) is 4.79 Å². The molecule has 0 bridgehead atoms. The third-order valence-electron chi connectivity index (χ3n) is 3.66. The Labute approximate surface area is 147 Å². The number of anilines is 1. The number of benzene rings is 3. The Morgan fingerprint density at radius 3 is 2.44 bits per heavy atom. The first-order valence-electron chi connectivity index (χ1n) is 7.99. The van der Waals surface area contributed by atoms with Crippen LogP contribution in [0.15, 0.2) is 78.9 Å². The Kier molecular flexibility index (Phi) is 5.32. The van der Waals surface area contributed by atoms with E-state index >= 15 is 0 Å². The van der Waals surface area contributed by atoms with Gasteiger partial charge in [-0.1, -0.05) is 36.4 Å². The van der Waals surface area contributed by atoms with Crippen molar-refractivity contribution in [3.05, 3.63) is 90.0 Å². The zero-order valence-corrected chi connectivity index (χ0v) is 13.9. The highest BCUT2D eigenvalue weighted by atomic mass is 16.5. The SMILES string of the molecule is COC(=O)c1cccc(CNc2cccc(Oc3ccccc3)c2)c1. The summed E-state index contributed by atoms with van der Waals surface area (Å²) >= 11 is 0. The van der Waals surface area contributed by atoms with Crippen LogP contribution in [0.5, 0.6) is 11.5 Å². The first-order chi connectivity index (χ1) is 12.2. The highest BCUT2D eigenvalue weighted by molar-refractivity contribution is 5.89. The van der Waals surface area contributed by atoms with E-state index in [1.165, 1.54) is 7.11 Å². The number of para-hydroxylation sites is 1. The number of nitrogens with one attached hydrogen (secondary N) is 1. The first kappa shape index (κ1) is 16.6. The van der Waals surface area contributed by atoms with Gasteiger partial charge < -0.3 is 14.8 Å². The fourth-order valence-electron chi connectivity index (χ4n) is 2.42. The number of hydrogen-bond acceptors (Lipinski definition) is 4. The maximum absolute atomic E-state index is 11.6. The molecule has 0 amide bonds. The van der Waals surface area contributed by atoms with Crippen LogP contribution in [-0.4, -0.2) is 13.1 Å². The lowest BCUT2D eigenvalue weighted by Gasteiger charge is -2.10. The first-order valence-corrected chi connectivity index (χ1v) is 7.99. The molecule has 0 saturated carbocycles. The summed E-state index contributed by atoms with van der Waals surface area (Å²) in [5, 5.41) is 3.34. The van der Waals surface area contributed by atoms with Gasteiger partial charge in [0.05, 0.1) is 12.7 Å². The third-order valence-corrected chi connectivity index (χ3v) is 3.66. The normalized spacial score (nSPS) is 10.1. The average molecular weight is 333 g/mol. The second-order valence-electron chi connectivity index (χ2n) is 5.49. The summed E-state index contributed by atoms with van der Waals surface area (Å²) in [5.74, 6) is 1.23. The number of ether oxygens (including phenoxy) is 2. The molecule has 1 N–H and O–H groups in total. The monoisotopic (exact) mass is 333 g/mol. The molecule has 0 aliphatic carbocycles. The van der Waals surface area contributed by atoms with Crippen LogP contribution >= 0.6 is 0 Å². The van der Waals surface area contributed by atoms with Gasteiger partial charge in [-0.05, 0) is 42.0 Å². The van der Waals surface area contributed by atoms with Gasteiger partial charge in [-0.2, -0.15) is 0 Å². The summed E-state index contributed by atoms with van der Waals surface area (Å²) in [6, 6.07) is 24.8. The van der Waals surface area contributed by atoms with E-state index in [1.54, 1.807) is 6.07 Å². The largest absolute Gasteiger partial charge is 0.465 e. The van der Waals surface area contributed by atoms with E-state index in [4.69, 9.17) is 9.47 Å². The minimum Gasteiger partial charge on any atom is -0.465 e. The van der Waals surface area contributed by atoms with Crippen LogP contribution < -0.4 is 10.1 Å². The predicted molar refractivity (Wildman–Crippen MR) is 98.1 cm³/mol. The van der Waals surface area contributed by atoms with Crippen LogP contribution in [-0.2, 0) is 11.3 Å². The Bertz CT molecular complexity index is 847. The molecule has 0 heterocycles. The second-order valence-corrected chi connectivity index (χ2v) is 5.49. The quantitative estimate of drug-likeness (QED) is 0.653. The Morgan fingerprint density at radius 2 is 1.64 bits per heavy atom. The van der Waals surface area contributed by atoms with Crippen molar-refractivity contribution >= 4 is 11.7 Å². The van der Waals surface area contributed by atoms with E-state index < -0.39 is 0 Å². The molecule has 0 aromatic heterocycles. The molecule has 25 heavy (non-hydrogen) atoms. The number of esters is 1. The molecule has 3 rings (SSSR count). The minimum atomic E-state index is -0.333. The van der Waals surface area contributed by atoms with Gasteiger partial charge in [0.2, 0.25) is 0 Å². The topological polar surface area (TPSA) is 47.6 Å². The minimum absolute atomic E-state index is 0.333. The molecule has 4 nitrogen and oxygen atoms in total. The van der Waals surface area contributed by atoms with Crippen LogP contribution in [0.3, 0.4) is 0 Å². The van der Waals surface area contributed by atoms with Gasteiger partial charge in [0.25, 0.3) is 0 Å². The van der Waals surface area contributed by atoms with Crippen molar-refractivity contribution in [1.82, 2.24) is 0 Å². The number of methoxy groups -OCH3 is 1. The lowest BCUT2D eigenvalue weighted by molar-refractivity contribution is 0.0600. The summed E-state index contributed by atoms with van der Waals surface area (Å²) < 4.78 is 10.6. The average Bonchev–Trinajstić information content (AvgIpc) is 2.67. The van der Waals surface area contributed by atoms with E-state index in [0.717, 1.165) is 22.7 Å². The number of rotatable bonds is 6. The van der Waals surface area contributed by atoms with Gasteiger partial charge in [-0.3, -0.25) is 0 Å². The van der Waals surface area contributed by atoms with Crippen molar-refractivity contribution in [3.8, 4) is 11.5 Å². The molecule has 0 spiro atoms. The molecule has 0 saturated heterocycles. The van der Waals surface area contributed by atoms with E-state index in [0.29, 0.717) is 12.1 Å². The van der Waals surface area contributed by atoms with Crippen molar-refractivity contribution < 1.29 is 14.3 Å². The van der Waals surface area contributed by atoms with Gasteiger partial charge >= 0.3 is 5.97 Å². The van der Waals surface area contributed by atoms with E-state index in [1.807, 2.05) is 72.8 Å². The summed E-state index contributed by atoms with van der Waals surface area (Å²) in [6.07, 6.45) is 0. The maximum Gasteiger partial charge on any atom is 0.337 e. The van der Waals surface area contributed by atoms with Crippen LogP contribution in [0.1, 0.15) is 15.9 Å². The highest BCUT2D eigenvalue weighted by Crippen LogP contribution is 2.24. The lowest BCUT2D eigenvalue weighted by Crippen LogP contribution is -2.04. The maximum atomic E-state index is 11.6. The van der Waals surface area contributed by atoms with Crippen LogP contribution in [0, 0.1) is 0 Å². The predicted octanol–water partition coefficient (Wildman–Crippen LogP) is 4.88. The number of carbonyl (C=O) groups is 1. The molecule has 0 unspecified atom stereocenters. The summed E-state index contributed by atoms with van der Waals surface area (Å²) in [7, 11) is 1.38. The highest BCUT2D eigenvalue weighted by Gasteiger charge is 2.05. The fraction of sp³-hybridized carbons (Fsp3) is 0.0952. The van der Waals surface area contributed by atoms with Crippen molar-refractivity contribution in [2.75, 3.05) is 12.4 Å². The molecule has 3 aromatic carbocycles. The van der Waals surface area contributed by atoms with Crippen LogP contribution in [0.25, 0.3) is 0 Å². The van der Waals surface area contributed by atoms with Gasteiger partial charge in [-0.15, -0.1) is 0 Å². The van der Waals surface area contributed by atoms with Crippen molar-refractivity contribution in [2.45, 2.75) is 6.54 Å². The van der Waals surface area contributed by atoms with Gasteiger partial charge in [0.1, 0.15) is 11.5 Å². The van der Waals surface area contributed by atoms with Crippen LogP contribution in [0.2, 0.25) is 0 Å². The molecule has 3 aromatic rings. The zero-order valence-electron chi connectivity index (χ0n) is 13.9. The Balaban J connectivity index is 1.66. The Hall–Kier alpha value is -3.27. The smallest absolute Gasteiger partial charge is 0.337 e. The third kappa shape index (κ3) is 4.61. The summed E-state index contributed by atoms with van der Waals surface area (Å²) in [4.78, 5) is 11.6. The van der Waals surface area contributed by atoms with E-state index in [9.17, 15) is 4.79 Å². The summed E-state index contributed by atoms with van der Waals surface area (Å²) in [5.41, 5.74) is 2.48. The molecule has 0 fully saturated rings. The molecule has 0 atom stereocenters.